The molecule has 0 aliphatic carbocycles. The summed E-state index contributed by atoms with van der Waals surface area (Å²) in [5.41, 5.74) is 0.688. The predicted octanol–water partition coefficient (Wildman–Crippen LogP) is 4.13. The third-order valence-electron chi connectivity index (χ3n) is 6.83. The molecule has 41 heavy (non-hydrogen) atoms. The summed E-state index contributed by atoms with van der Waals surface area (Å²) in [5, 5.41) is 3.21. The molecular formula is C28H28F2N4O6S. The van der Waals surface area contributed by atoms with E-state index in [-0.39, 0.29) is 40.1 Å². The smallest absolute Gasteiger partial charge is 0.273 e. The van der Waals surface area contributed by atoms with Gasteiger partial charge in [0.25, 0.3) is 11.5 Å². The lowest BCUT2D eigenvalue weighted by Crippen LogP contribution is -2.31. The fourth-order valence-electron chi connectivity index (χ4n) is 4.67. The first-order chi connectivity index (χ1) is 19.5. The van der Waals surface area contributed by atoms with Gasteiger partial charge in [0.15, 0.2) is 11.6 Å². The van der Waals surface area contributed by atoms with Crippen molar-refractivity contribution in [3.63, 3.8) is 0 Å². The number of benzene rings is 2. The van der Waals surface area contributed by atoms with Gasteiger partial charge in [-0.2, -0.15) is 0 Å². The van der Waals surface area contributed by atoms with Crippen molar-refractivity contribution in [2.75, 3.05) is 30.2 Å². The zero-order valence-electron chi connectivity index (χ0n) is 22.3. The van der Waals surface area contributed by atoms with Crippen molar-refractivity contribution in [2.45, 2.75) is 13.3 Å². The molecule has 1 saturated heterocycles. The number of pyridine rings is 1. The van der Waals surface area contributed by atoms with Gasteiger partial charge >= 0.3 is 0 Å². The molecule has 3 N–H and O–H groups in total. The van der Waals surface area contributed by atoms with Crippen molar-refractivity contribution in [2.24, 2.45) is 13.0 Å². The van der Waals surface area contributed by atoms with Gasteiger partial charge < -0.3 is 24.3 Å². The number of amides is 1. The van der Waals surface area contributed by atoms with E-state index in [9.17, 15) is 26.8 Å². The number of carbonyl (C=O) groups is 1. The Morgan fingerprint density at radius 2 is 1.93 bits per heavy atom. The highest BCUT2D eigenvalue weighted by atomic mass is 32.2. The lowest BCUT2D eigenvalue weighted by Gasteiger charge is -2.14. The van der Waals surface area contributed by atoms with Crippen LogP contribution in [0.4, 0.5) is 14.5 Å². The van der Waals surface area contributed by atoms with Crippen LogP contribution >= 0.6 is 0 Å². The second-order valence-corrected chi connectivity index (χ2v) is 11.8. The van der Waals surface area contributed by atoms with Crippen LogP contribution in [0.2, 0.25) is 0 Å². The Labute approximate surface area is 234 Å². The molecule has 1 aliphatic rings. The van der Waals surface area contributed by atoms with E-state index >= 15 is 0 Å². The maximum Gasteiger partial charge on any atom is 0.273 e. The minimum Gasteiger partial charge on any atom is -0.454 e. The lowest BCUT2D eigenvalue weighted by molar-refractivity contribution is 0.0940. The van der Waals surface area contributed by atoms with E-state index < -0.39 is 33.1 Å². The maximum absolute atomic E-state index is 14.5. The number of nitrogens with one attached hydrogen (secondary N) is 3. The Kier molecular flexibility index (Phi) is 7.82. The van der Waals surface area contributed by atoms with Gasteiger partial charge in [0.05, 0.1) is 12.4 Å². The molecule has 4 aromatic rings. The number of nitrogens with zero attached hydrogens (tertiary/aromatic N) is 1. The summed E-state index contributed by atoms with van der Waals surface area (Å²) in [6, 6.07) is 8.75. The van der Waals surface area contributed by atoms with Crippen molar-refractivity contribution in [1.82, 2.24) is 14.9 Å². The van der Waals surface area contributed by atoms with E-state index in [4.69, 9.17) is 9.47 Å². The molecule has 5 rings (SSSR count). The van der Waals surface area contributed by atoms with Crippen LogP contribution in [0.5, 0.6) is 11.5 Å². The molecule has 1 unspecified atom stereocenters. The molecule has 2 aromatic carbocycles. The summed E-state index contributed by atoms with van der Waals surface area (Å²) in [6.07, 6.45) is 2.45. The van der Waals surface area contributed by atoms with Crippen LogP contribution in [0.25, 0.3) is 22.0 Å². The number of ether oxygens (including phenoxy) is 2. The van der Waals surface area contributed by atoms with Crippen LogP contribution in [0.15, 0.2) is 53.5 Å². The predicted molar refractivity (Wildman–Crippen MR) is 150 cm³/mol. The minimum atomic E-state index is -3.64. The molecule has 0 saturated carbocycles. The zero-order chi connectivity index (χ0) is 29.3. The second kappa shape index (κ2) is 11.3. The number of anilines is 1. The average Bonchev–Trinajstić information content (AvgIpc) is 3.57. The van der Waals surface area contributed by atoms with Crippen LogP contribution in [0.1, 0.15) is 23.8 Å². The fourth-order valence-corrected chi connectivity index (χ4v) is 5.30. The zero-order valence-corrected chi connectivity index (χ0v) is 23.1. The van der Waals surface area contributed by atoms with Crippen molar-refractivity contribution in [3.8, 4) is 22.6 Å². The third-order valence-corrected chi connectivity index (χ3v) is 8.14. The highest BCUT2D eigenvalue weighted by molar-refractivity contribution is 7.92. The number of hydrogen-bond donors (Lipinski definition) is 3. The van der Waals surface area contributed by atoms with Gasteiger partial charge in [-0.15, -0.1) is 0 Å². The first-order valence-electron chi connectivity index (χ1n) is 12.9. The number of aromatic amines is 1. The number of aryl methyl sites for hydroxylation is 1. The summed E-state index contributed by atoms with van der Waals surface area (Å²) < 4.78 is 67.7. The van der Waals surface area contributed by atoms with E-state index in [0.29, 0.717) is 42.3 Å². The van der Waals surface area contributed by atoms with Gasteiger partial charge in [-0.05, 0) is 49.7 Å². The largest absolute Gasteiger partial charge is 0.454 e. The number of aromatic nitrogens is 2. The van der Waals surface area contributed by atoms with E-state index in [2.05, 4.69) is 15.0 Å². The number of hydrogen-bond acceptors (Lipinski definition) is 6. The Hall–Kier alpha value is -4.23. The van der Waals surface area contributed by atoms with E-state index in [1.807, 2.05) is 0 Å². The standard InChI is InChI=1S/C28H28F2N4O6S/c1-3-41(37,38)33-18-5-7-24(40-25-6-4-17(29)10-22(25)30)19(11-18)21-14-34(2)26-20(21)12-23(32-28(26)36)27(35)31-13-16-8-9-39-15-16/h4-7,10-12,14,16,33H,3,8-9,13,15H2,1-2H3,(H,31,35)(H,32,36). The normalized spacial score (nSPS) is 15.3. The number of carbonyl (C=O) groups excluding carboxylic acids is 1. The summed E-state index contributed by atoms with van der Waals surface area (Å²) >= 11 is 0. The molecule has 0 radical (unpaired) electrons. The molecule has 10 nitrogen and oxygen atoms in total. The number of fused-ring (bicyclic) bond motifs is 1. The monoisotopic (exact) mass is 586 g/mol. The van der Waals surface area contributed by atoms with E-state index in [1.54, 1.807) is 17.8 Å². The first kappa shape index (κ1) is 28.3. The Bertz CT molecular complexity index is 1800. The van der Waals surface area contributed by atoms with Crippen LogP contribution in [-0.2, 0) is 21.8 Å². The summed E-state index contributed by atoms with van der Waals surface area (Å²) in [6.45, 7) is 3.06. The maximum atomic E-state index is 14.5. The molecule has 2 aromatic heterocycles. The minimum absolute atomic E-state index is 0.0313. The first-order valence-corrected chi connectivity index (χ1v) is 14.6. The van der Waals surface area contributed by atoms with Gasteiger partial charge in [0, 0.05) is 60.6 Å². The van der Waals surface area contributed by atoms with Crippen LogP contribution in [0.3, 0.4) is 0 Å². The molecule has 1 amide bonds. The third kappa shape index (κ3) is 6.10. The second-order valence-electron chi connectivity index (χ2n) is 9.76. The summed E-state index contributed by atoms with van der Waals surface area (Å²) in [5.74, 6) is -2.33. The highest BCUT2D eigenvalue weighted by Gasteiger charge is 2.22. The van der Waals surface area contributed by atoms with E-state index in [1.165, 1.54) is 31.2 Å². The average molecular weight is 587 g/mol. The molecule has 13 heteroatoms. The summed E-state index contributed by atoms with van der Waals surface area (Å²) in [4.78, 5) is 28.7. The Morgan fingerprint density at radius 1 is 1.15 bits per heavy atom. The van der Waals surface area contributed by atoms with Gasteiger partial charge in [-0.1, -0.05) is 0 Å². The molecule has 3 heterocycles. The molecular weight excluding hydrogens is 558 g/mol. The molecule has 1 atom stereocenters. The van der Waals surface area contributed by atoms with Gasteiger partial charge in [0.2, 0.25) is 10.0 Å². The SMILES string of the molecule is CCS(=O)(=O)Nc1ccc(Oc2ccc(F)cc2F)c(-c2cn(C)c3c(=O)[nH]c(C(=O)NCC4CCOC4)cc23)c1. The molecule has 216 valence electrons. The Morgan fingerprint density at radius 3 is 2.63 bits per heavy atom. The van der Waals surface area contributed by atoms with Crippen molar-refractivity contribution in [1.29, 1.82) is 0 Å². The number of sulfonamides is 1. The van der Waals surface area contributed by atoms with E-state index in [0.717, 1.165) is 18.6 Å². The van der Waals surface area contributed by atoms with Crippen molar-refractivity contribution >= 4 is 32.5 Å². The Balaban J connectivity index is 1.61. The van der Waals surface area contributed by atoms with Gasteiger partial charge in [-0.3, -0.25) is 14.3 Å². The molecule has 1 fully saturated rings. The summed E-state index contributed by atoms with van der Waals surface area (Å²) in [7, 11) is -2.00. The lowest BCUT2D eigenvalue weighted by atomic mass is 10.0. The molecule has 0 spiro atoms. The van der Waals surface area contributed by atoms with Gasteiger partial charge in [-0.25, -0.2) is 17.2 Å². The molecule has 0 bridgehead atoms. The van der Waals surface area contributed by atoms with Gasteiger partial charge in [0.1, 0.15) is 22.8 Å². The fraction of sp³-hybridized carbons (Fsp3) is 0.286. The topological polar surface area (TPSA) is 132 Å². The van der Waals surface area contributed by atoms with Crippen LogP contribution in [0, 0.1) is 17.6 Å². The van der Waals surface area contributed by atoms with Crippen LogP contribution < -0.4 is 20.3 Å². The van der Waals surface area contributed by atoms with Crippen molar-refractivity contribution in [3.05, 3.63) is 76.3 Å². The quantitative estimate of drug-likeness (QED) is 0.270. The molecule has 1 aliphatic heterocycles. The number of H-pyrrole nitrogens is 1. The van der Waals surface area contributed by atoms with Crippen molar-refractivity contribution < 1.29 is 31.5 Å². The number of rotatable bonds is 9. The van der Waals surface area contributed by atoms with Crippen LogP contribution in [-0.4, -0.2) is 49.4 Å². The highest BCUT2D eigenvalue weighted by Crippen LogP contribution is 2.40. The number of halogens is 2.